The lowest BCUT2D eigenvalue weighted by Crippen LogP contribution is -2.23. The van der Waals surface area contributed by atoms with E-state index in [2.05, 4.69) is 61.9 Å². The Morgan fingerprint density at radius 3 is 1.46 bits per heavy atom. The number of benzene rings is 1. The molecule has 1 rings (SSSR count). The number of nitrogens with one attached hydrogen (secondary N) is 2. The predicted octanol–water partition coefficient (Wildman–Crippen LogP) is 5.70. The Hall–Kier alpha value is -1.38. The van der Waals surface area contributed by atoms with Gasteiger partial charge in [-0.15, -0.1) is 13.2 Å². The quantitative estimate of drug-likeness (QED) is 0.338. The van der Waals surface area contributed by atoms with E-state index in [1.54, 1.807) is 0 Å². The Morgan fingerprint density at radius 2 is 1.17 bits per heavy atom. The van der Waals surface area contributed by atoms with Crippen LogP contribution < -0.4 is 10.6 Å². The summed E-state index contributed by atoms with van der Waals surface area (Å²) in [6.07, 6.45) is 10.8. The maximum absolute atomic E-state index is 3.91. The van der Waals surface area contributed by atoms with E-state index >= 15 is 0 Å². The van der Waals surface area contributed by atoms with E-state index in [4.69, 9.17) is 0 Å². The zero-order valence-corrected chi connectivity index (χ0v) is 15.7. The Morgan fingerprint density at radius 1 is 0.792 bits per heavy atom. The molecule has 0 amide bonds. The highest BCUT2D eigenvalue weighted by Gasteiger charge is 2.12. The van der Waals surface area contributed by atoms with E-state index < -0.39 is 0 Å². The van der Waals surface area contributed by atoms with Crippen LogP contribution in [0.15, 0.2) is 49.6 Å². The predicted molar refractivity (Wildman–Crippen MR) is 107 cm³/mol. The van der Waals surface area contributed by atoms with E-state index in [1.807, 2.05) is 12.2 Å². The van der Waals surface area contributed by atoms with Crippen LogP contribution in [0.4, 0.5) is 0 Å². The second-order valence-electron chi connectivity index (χ2n) is 6.44. The second-order valence-corrected chi connectivity index (χ2v) is 6.44. The van der Waals surface area contributed by atoms with E-state index in [0.717, 1.165) is 25.9 Å². The van der Waals surface area contributed by atoms with Crippen molar-refractivity contribution in [3.05, 3.63) is 60.7 Å². The molecular formula is C22H36N2. The molecule has 0 heterocycles. The molecule has 24 heavy (non-hydrogen) atoms. The fourth-order valence-corrected chi connectivity index (χ4v) is 2.87. The van der Waals surface area contributed by atoms with Gasteiger partial charge in [0.2, 0.25) is 0 Å². The summed E-state index contributed by atoms with van der Waals surface area (Å²) in [5.74, 6) is 0. The normalized spacial score (nSPS) is 13.4. The second kappa shape index (κ2) is 13.0. The average molecular weight is 329 g/mol. The van der Waals surface area contributed by atoms with Gasteiger partial charge in [-0.2, -0.15) is 0 Å². The summed E-state index contributed by atoms with van der Waals surface area (Å²) in [5, 5.41) is 7.30. The van der Waals surface area contributed by atoms with Crippen LogP contribution in [0.2, 0.25) is 0 Å². The zero-order chi connectivity index (χ0) is 17.6. The molecule has 0 saturated heterocycles. The SMILES string of the molecule is C=CCC(NCCCC)c1ccc(C(CC=C)NCCCC)cc1. The summed E-state index contributed by atoms with van der Waals surface area (Å²) < 4.78 is 0. The molecule has 1 aromatic carbocycles. The van der Waals surface area contributed by atoms with Crippen molar-refractivity contribution in [2.75, 3.05) is 13.1 Å². The molecule has 0 spiro atoms. The molecule has 0 bridgehead atoms. The van der Waals surface area contributed by atoms with Crippen molar-refractivity contribution in [2.24, 2.45) is 0 Å². The van der Waals surface area contributed by atoms with Gasteiger partial charge in [0.1, 0.15) is 0 Å². The highest BCUT2D eigenvalue weighted by Crippen LogP contribution is 2.22. The summed E-state index contributed by atoms with van der Waals surface area (Å²) in [4.78, 5) is 0. The molecule has 2 nitrogen and oxygen atoms in total. The Bertz CT molecular complexity index is 407. The molecule has 0 saturated carbocycles. The van der Waals surface area contributed by atoms with Crippen LogP contribution in [0.1, 0.15) is 75.6 Å². The maximum Gasteiger partial charge on any atom is 0.0354 e. The lowest BCUT2D eigenvalue weighted by molar-refractivity contribution is 0.518. The summed E-state index contributed by atoms with van der Waals surface area (Å²) in [6, 6.07) is 9.79. The number of unbranched alkanes of at least 4 members (excludes halogenated alkanes) is 2. The topological polar surface area (TPSA) is 24.1 Å². The van der Waals surface area contributed by atoms with E-state index in [-0.39, 0.29) is 0 Å². The highest BCUT2D eigenvalue weighted by molar-refractivity contribution is 5.28. The first-order valence-electron chi connectivity index (χ1n) is 9.55. The summed E-state index contributed by atoms with van der Waals surface area (Å²) in [7, 11) is 0. The molecule has 0 aliphatic rings. The maximum atomic E-state index is 3.91. The number of hydrogen-bond donors (Lipinski definition) is 2. The average Bonchev–Trinajstić information content (AvgIpc) is 2.61. The summed E-state index contributed by atoms with van der Waals surface area (Å²) in [5.41, 5.74) is 2.70. The molecule has 1 aromatic rings. The minimum absolute atomic E-state index is 0.369. The van der Waals surface area contributed by atoms with Gasteiger partial charge in [-0.05, 0) is 49.9 Å². The van der Waals surface area contributed by atoms with Crippen LogP contribution in [-0.4, -0.2) is 13.1 Å². The van der Waals surface area contributed by atoms with Gasteiger partial charge < -0.3 is 10.6 Å². The molecule has 0 aliphatic heterocycles. The molecule has 0 radical (unpaired) electrons. The Labute approximate surface area is 149 Å². The third kappa shape index (κ3) is 7.46. The first-order chi connectivity index (χ1) is 11.8. The van der Waals surface area contributed by atoms with Gasteiger partial charge in [-0.3, -0.25) is 0 Å². The summed E-state index contributed by atoms with van der Waals surface area (Å²) in [6.45, 7) is 14.4. The first kappa shape index (κ1) is 20.7. The lowest BCUT2D eigenvalue weighted by Gasteiger charge is -2.21. The van der Waals surface area contributed by atoms with Crippen LogP contribution in [-0.2, 0) is 0 Å². The van der Waals surface area contributed by atoms with Gasteiger partial charge in [0, 0.05) is 12.1 Å². The monoisotopic (exact) mass is 328 g/mol. The zero-order valence-electron chi connectivity index (χ0n) is 15.7. The van der Waals surface area contributed by atoms with Crippen molar-refractivity contribution in [2.45, 2.75) is 64.5 Å². The van der Waals surface area contributed by atoms with Crippen molar-refractivity contribution < 1.29 is 0 Å². The van der Waals surface area contributed by atoms with Crippen LogP contribution >= 0.6 is 0 Å². The molecule has 0 aliphatic carbocycles. The fraction of sp³-hybridized carbons (Fsp3) is 0.545. The highest BCUT2D eigenvalue weighted by atomic mass is 14.9. The van der Waals surface area contributed by atoms with Crippen molar-refractivity contribution in [1.29, 1.82) is 0 Å². The van der Waals surface area contributed by atoms with Crippen LogP contribution in [0.3, 0.4) is 0 Å². The lowest BCUT2D eigenvalue weighted by atomic mass is 9.97. The fourth-order valence-electron chi connectivity index (χ4n) is 2.87. The van der Waals surface area contributed by atoms with E-state index in [9.17, 15) is 0 Å². The standard InChI is InChI=1S/C22H36N2/c1-5-9-17-23-21(11-7-3)19-13-15-20(16-14-19)22(12-8-4)24-18-10-6-2/h7-8,13-16,21-24H,3-6,9-12,17-18H2,1-2H3. The Balaban J connectivity index is 2.74. The van der Waals surface area contributed by atoms with Crippen molar-refractivity contribution in [3.8, 4) is 0 Å². The smallest absolute Gasteiger partial charge is 0.0354 e. The molecule has 0 fully saturated rings. The number of hydrogen-bond acceptors (Lipinski definition) is 2. The molecule has 2 heteroatoms. The summed E-state index contributed by atoms with van der Waals surface area (Å²) >= 11 is 0. The van der Waals surface area contributed by atoms with Gasteiger partial charge >= 0.3 is 0 Å². The van der Waals surface area contributed by atoms with Crippen LogP contribution in [0.5, 0.6) is 0 Å². The molecular weight excluding hydrogens is 292 g/mol. The van der Waals surface area contributed by atoms with Gasteiger partial charge in [-0.1, -0.05) is 63.1 Å². The molecule has 134 valence electrons. The van der Waals surface area contributed by atoms with Gasteiger partial charge in [-0.25, -0.2) is 0 Å². The molecule has 0 aromatic heterocycles. The van der Waals surface area contributed by atoms with Crippen LogP contribution in [0.25, 0.3) is 0 Å². The molecule has 2 atom stereocenters. The third-order valence-electron chi connectivity index (χ3n) is 4.39. The van der Waals surface area contributed by atoms with Crippen LogP contribution in [0, 0.1) is 0 Å². The Kier molecular flexibility index (Phi) is 11.2. The van der Waals surface area contributed by atoms with Crippen molar-refractivity contribution >= 4 is 0 Å². The van der Waals surface area contributed by atoms with Gasteiger partial charge in [0.05, 0.1) is 0 Å². The minimum Gasteiger partial charge on any atom is -0.310 e. The molecule has 2 unspecified atom stereocenters. The van der Waals surface area contributed by atoms with Gasteiger partial charge in [0.25, 0.3) is 0 Å². The van der Waals surface area contributed by atoms with E-state index in [0.29, 0.717) is 12.1 Å². The largest absolute Gasteiger partial charge is 0.310 e. The first-order valence-corrected chi connectivity index (χ1v) is 9.55. The van der Waals surface area contributed by atoms with Gasteiger partial charge in [0.15, 0.2) is 0 Å². The minimum atomic E-state index is 0.369. The molecule has 2 N–H and O–H groups in total. The van der Waals surface area contributed by atoms with Crippen molar-refractivity contribution in [3.63, 3.8) is 0 Å². The van der Waals surface area contributed by atoms with E-state index in [1.165, 1.54) is 36.8 Å². The number of rotatable bonds is 14. The third-order valence-corrected chi connectivity index (χ3v) is 4.39. The van der Waals surface area contributed by atoms with Crippen molar-refractivity contribution in [1.82, 2.24) is 10.6 Å².